The summed E-state index contributed by atoms with van der Waals surface area (Å²) in [6.07, 6.45) is 1.60. The number of carbonyl (C=O) groups excluding carboxylic acids is 1. The predicted octanol–water partition coefficient (Wildman–Crippen LogP) is 1.58. The second-order valence-corrected chi connectivity index (χ2v) is 4.82. The lowest BCUT2D eigenvalue weighted by atomic mass is 10.0. The van der Waals surface area contributed by atoms with E-state index < -0.39 is 17.9 Å². The summed E-state index contributed by atoms with van der Waals surface area (Å²) < 4.78 is 4.95. The van der Waals surface area contributed by atoms with E-state index in [2.05, 4.69) is 15.5 Å². The van der Waals surface area contributed by atoms with E-state index in [1.807, 2.05) is 0 Å². The van der Waals surface area contributed by atoms with Gasteiger partial charge in [-0.25, -0.2) is 4.79 Å². The fraction of sp³-hybridized carbons (Fsp3) is 0.286. The van der Waals surface area contributed by atoms with Crippen LogP contribution in [0.4, 0.5) is 0 Å². The summed E-state index contributed by atoms with van der Waals surface area (Å²) >= 11 is 0. The summed E-state index contributed by atoms with van der Waals surface area (Å²) in [6.45, 7) is 3.41. The number of pyridine rings is 1. The maximum atomic E-state index is 12.0. The normalized spacial score (nSPS) is 12.1. The molecule has 0 fully saturated rings. The summed E-state index contributed by atoms with van der Waals surface area (Å²) in [5, 5.41) is 15.2. The van der Waals surface area contributed by atoms with Crippen molar-refractivity contribution in [3.63, 3.8) is 0 Å². The average molecular weight is 289 g/mol. The summed E-state index contributed by atoms with van der Waals surface area (Å²) in [6, 6.07) is 5.72. The third-order valence-corrected chi connectivity index (χ3v) is 2.88. The van der Waals surface area contributed by atoms with Crippen molar-refractivity contribution in [1.82, 2.24) is 15.5 Å². The molecule has 0 aromatic carbocycles. The molecule has 0 saturated heterocycles. The topological polar surface area (TPSA) is 105 Å². The minimum atomic E-state index is -1.09. The number of carbonyl (C=O) groups is 2. The number of hydrogen-bond acceptors (Lipinski definition) is 5. The smallest absolute Gasteiger partial charge is 0.326 e. The Balaban J connectivity index is 2.14. The van der Waals surface area contributed by atoms with Gasteiger partial charge in [0.25, 0.3) is 5.91 Å². The number of nitrogens with zero attached hydrogens (tertiary/aromatic N) is 2. The molecule has 0 radical (unpaired) electrons. The molecule has 2 heterocycles. The molecule has 2 rings (SSSR count). The van der Waals surface area contributed by atoms with Crippen LogP contribution in [0.3, 0.4) is 0 Å². The van der Waals surface area contributed by atoms with Crippen LogP contribution in [0.2, 0.25) is 0 Å². The monoisotopic (exact) mass is 289 g/mol. The van der Waals surface area contributed by atoms with E-state index in [0.717, 1.165) is 0 Å². The van der Waals surface area contributed by atoms with Gasteiger partial charge in [0.05, 0.1) is 5.69 Å². The minimum Gasteiger partial charge on any atom is -0.480 e. The Hall–Kier alpha value is -2.70. The van der Waals surface area contributed by atoms with Gasteiger partial charge in [-0.1, -0.05) is 25.1 Å². The van der Waals surface area contributed by atoms with Crippen molar-refractivity contribution in [2.45, 2.75) is 19.9 Å². The molecule has 0 aliphatic heterocycles. The lowest BCUT2D eigenvalue weighted by Gasteiger charge is -2.16. The second-order valence-electron chi connectivity index (χ2n) is 4.82. The summed E-state index contributed by atoms with van der Waals surface area (Å²) in [4.78, 5) is 27.1. The number of nitrogens with one attached hydrogen (secondary N) is 1. The molecule has 0 unspecified atom stereocenters. The van der Waals surface area contributed by atoms with Gasteiger partial charge in [-0.15, -0.1) is 0 Å². The molecule has 0 saturated carbocycles. The third-order valence-electron chi connectivity index (χ3n) is 2.88. The molecule has 110 valence electrons. The van der Waals surface area contributed by atoms with Crippen molar-refractivity contribution in [3.05, 3.63) is 36.2 Å². The fourth-order valence-corrected chi connectivity index (χ4v) is 1.74. The van der Waals surface area contributed by atoms with Crippen LogP contribution in [0.5, 0.6) is 0 Å². The number of amides is 1. The highest BCUT2D eigenvalue weighted by molar-refractivity contribution is 5.95. The average Bonchev–Trinajstić information content (AvgIpc) is 2.94. The molecule has 7 nitrogen and oxygen atoms in total. The summed E-state index contributed by atoms with van der Waals surface area (Å²) in [5.41, 5.74) is 0.983. The van der Waals surface area contributed by atoms with Crippen LogP contribution in [-0.2, 0) is 4.79 Å². The standard InChI is InChI=1S/C14H15N3O4/c1-8(2)12(14(19)20)16-13(18)11-7-10(17-21-11)9-5-3-4-6-15-9/h3-8,12H,1-2H3,(H,16,18)(H,19,20)/t12-/m0/s1. The van der Waals surface area contributed by atoms with Crippen LogP contribution in [0.15, 0.2) is 35.0 Å². The second kappa shape index (κ2) is 6.17. The molecule has 1 amide bonds. The molecule has 0 aliphatic rings. The van der Waals surface area contributed by atoms with Gasteiger partial charge in [0.1, 0.15) is 11.7 Å². The highest BCUT2D eigenvalue weighted by Gasteiger charge is 2.25. The molecule has 2 aromatic rings. The lowest BCUT2D eigenvalue weighted by molar-refractivity contribution is -0.140. The first kappa shape index (κ1) is 14.7. The molecule has 21 heavy (non-hydrogen) atoms. The maximum Gasteiger partial charge on any atom is 0.326 e. The Kier molecular flexibility index (Phi) is 4.32. The van der Waals surface area contributed by atoms with Crippen molar-refractivity contribution in [1.29, 1.82) is 0 Å². The quantitative estimate of drug-likeness (QED) is 0.865. The molecule has 0 aliphatic carbocycles. The zero-order chi connectivity index (χ0) is 15.4. The van der Waals surface area contributed by atoms with Crippen LogP contribution in [0.1, 0.15) is 24.4 Å². The largest absolute Gasteiger partial charge is 0.480 e. The van der Waals surface area contributed by atoms with Crippen molar-refractivity contribution >= 4 is 11.9 Å². The molecule has 2 N–H and O–H groups in total. The van der Waals surface area contributed by atoms with Gasteiger partial charge in [-0.05, 0) is 18.1 Å². The van der Waals surface area contributed by atoms with E-state index in [-0.39, 0.29) is 11.7 Å². The summed E-state index contributed by atoms with van der Waals surface area (Å²) in [7, 11) is 0. The van der Waals surface area contributed by atoms with Crippen LogP contribution in [-0.4, -0.2) is 33.2 Å². The Labute approximate surface area is 121 Å². The first-order valence-electron chi connectivity index (χ1n) is 6.41. The van der Waals surface area contributed by atoms with E-state index >= 15 is 0 Å². The van der Waals surface area contributed by atoms with Crippen LogP contribution in [0.25, 0.3) is 11.4 Å². The highest BCUT2D eigenvalue weighted by Crippen LogP contribution is 2.16. The molecule has 0 spiro atoms. The van der Waals surface area contributed by atoms with E-state index in [0.29, 0.717) is 11.4 Å². The molecule has 2 aromatic heterocycles. The van der Waals surface area contributed by atoms with Gasteiger partial charge in [-0.2, -0.15) is 0 Å². The van der Waals surface area contributed by atoms with Crippen LogP contribution < -0.4 is 5.32 Å². The van der Waals surface area contributed by atoms with Crippen molar-refractivity contribution in [2.24, 2.45) is 5.92 Å². The minimum absolute atomic E-state index is 0.0532. The summed E-state index contributed by atoms with van der Waals surface area (Å²) in [5.74, 6) is -2.01. The van der Waals surface area contributed by atoms with Gasteiger partial charge in [-0.3, -0.25) is 9.78 Å². The SMILES string of the molecule is CC(C)[C@H](NC(=O)c1cc(-c2ccccn2)no1)C(=O)O. The predicted molar refractivity (Wildman–Crippen MR) is 73.5 cm³/mol. The van der Waals surface area contributed by atoms with Crippen LogP contribution >= 0.6 is 0 Å². The molecule has 1 atom stereocenters. The van der Waals surface area contributed by atoms with E-state index in [1.54, 1.807) is 38.2 Å². The Morgan fingerprint density at radius 1 is 1.29 bits per heavy atom. The van der Waals surface area contributed by atoms with Gasteiger partial charge in [0.15, 0.2) is 0 Å². The van der Waals surface area contributed by atoms with Gasteiger partial charge in [0, 0.05) is 12.3 Å². The van der Waals surface area contributed by atoms with Gasteiger partial charge >= 0.3 is 5.97 Å². The number of aliphatic carboxylic acids is 1. The number of hydrogen-bond donors (Lipinski definition) is 2. The van der Waals surface area contributed by atoms with Gasteiger partial charge in [0.2, 0.25) is 5.76 Å². The number of rotatable bonds is 5. The van der Waals surface area contributed by atoms with E-state index in [1.165, 1.54) is 6.07 Å². The molecule has 7 heteroatoms. The molecule has 0 bridgehead atoms. The van der Waals surface area contributed by atoms with Gasteiger partial charge < -0.3 is 14.9 Å². The van der Waals surface area contributed by atoms with E-state index in [9.17, 15) is 9.59 Å². The Morgan fingerprint density at radius 2 is 2.05 bits per heavy atom. The highest BCUT2D eigenvalue weighted by atomic mass is 16.5. The van der Waals surface area contributed by atoms with Crippen molar-refractivity contribution < 1.29 is 19.2 Å². The number of aromatic nitrogens is 2. The number of carboxylic acids is 1. The number of carboxylic acid groups (broad SMARTS) is 1. The van der Waals surface area contributed by atoms with Crippen molar-refractivity contribution in [3.8, 4) is 11.4 Å². The van der Waals surface area contributed by atoms with E-state index in [4.69, 9.17) is 9.63 Å². The zero-order valence-electron chi connectivity index (χ0n) is 11.6. The fourth-order valence-electron chi connectivity index (χ4n) is 1.74. The third kappa shape index (κ3) is 3.44. The first-order chi connectivity index (χ1) is 9.99. The Morgan fingerprint density at radius 3 is 2.62 bits per heavy atom. The maximum absolute atomic E-state index is 12.0. The zero-order valence-corrected chi connectivity index (χ0v) is 11.6. The molecular formula is C14H15N3O4. The lowest BCUT2D eigenvalue weighted by Crippen LogP contribution is -2.44. The van der Waals surface area contributed by atoms with Crippen molar-refractivity contribution in [2.75, 3.05) is 0 Å². The molecular weight excluding hydrogens is 274 g/mol. The van der Waals surface area contributed by atoms with Crippen LogP contribution in [0, 0.1) is 5.92 Å². The first-order valence-corrected chi connectivity index (χ1v) is 6.41. The Bertz CT molecular complexity index is 637.